The highest BCUT2D eigenvalue weighted by Gasteiger charge is 2.43. The van der Waals surface area contributed by atoms with Crippen molar-refractivity contribution < 1.29 is 9.47 Å². The Bertz CT molecular complexity index is 542. The summed E-state index contributed by atoms with van der Waals surface area (Å²) in [5.41, 5.74) is 6.66. The lowest BCUT2D eigenvalue weighted by Crippen LogP contribution is -2.53. The van der Waals surface area contributed by atoms with Gasteiger partial charge >= 0.3 is 0 Å². The van der Waals surface area contributed by atoms with E-state index in [0.717, 1.165) is 17.9 Å². The quantitative estimate of drug-likeness (QED) is 0.905. The first-order valence-electron chi connectivity index (χ1n) is 7.11. The van der Waals surface area contributed by atoms with Crippen molar-refractivity contribution in [2.45, 2.75) is 38.3 Å². The predicted octanol–water partition coefficient (Wildman–Crippen LogP) is 2.40. The van der Waals surface area contributed by atoms with Gasteiger partial charge in [0.15, 0.2) is 5.96 Å². The van der Waals surface area contributed by atoms with Crippen LogP contribution in [0.4, 0.5) is 5.69 Å². The highest BCUT2D eigenvalue weighted by atomic mass is 16.5. The lowest BCUT2D eigenvalue weighted by molar-refractivity contribution is 0.00151. The zero-order valence-corrected chi connectivity index (χ0v) is 13.5. The van der Waals surface area contributed by atoms with E-state index in [1.54, 1.807) is 14.2 Å². The molecule has 2 N–H and O–H groups in total. The average molecular weight is 291 g/mol. The van der Waals surface area contributed by atoms with Crippen molar-refractivity contribution in [2.75, 3.05) is 25.7 Å². The van der Waals surface area contributed by atoms with Gasteiger partial charge in [-0.1, -0.05) is 6.07 Å². The van der Waals surface area contributed by atoms with E-state index in [1.165, 1.54) is 0 Å². The molecule has 1 aromatic carbocycles. The number of nitrogens with zero attached hydrogens (tertiary/aromatic N) is 2. The Balaban J connectivity index is 2.35. The number of methoxy groups -OCH3 is 2. The molecule has 0 saturated heterocycles. The van der Waals surface area contributed by atoms with Crippen LogP contribution in [-0.2, 0) is 4.74 Å². The third-order valence-corrected chi connectivity index (χ3v) is 4.02. The standard InChI is InChI=1S/C16H25N3O2/c1-15(2,21-5)10-16(3)11-18-14(17)19(16)12-7-6-8-13(9-12)20-4/h6-9H,10-11H2,1-5H3,(H2,17,18). The molecule has 1 heterocycles. The molecule has 0 aromatic heterocycles. The van der Waals surface area contributed by atoms with Crippen molar-refractivity contribution in [2.24, 2.45) is 10.7 Å². The summed E-state index contributed by atoms with van der Waals surface area (Å²) >= 11 is 0. The molecule has 0 bridgehead atoms. The van der Waals surface area contributed by atoms with Gasteiger partial charge in [-0.05, 0) is 32.9 Å². The maximum absolute atomic E-state index is 6.13. The van der Waals surface area contributed by atoms with Gasteiger partial charge < -0.3 is 20.1 Å². The predicted molar refractivity (Wildman–Crippen MR) is 86.1 cm³/mol. The monoisotopic (exact) mass is 291 g/mol. The number of hydrogen-bond acceptors (Lipinski definition) is 5. The first-order chi connectivity index (χ1) is 9.81. The third-order valence-electron chi connectivity index (χ3n) is 4.02. The molecule has 2 rings (SSSR count). The van der Waals surface area contributed by atoms with E-state index in [4.69, 9.17) is 15.2 Å². The Labute approximate surface area is 126 Å². The topological polar surface area (TPSA) is 60.1 Å². The van der Waals surface area contributed by atoms with Gasteiger partial charge in [0.25, 0.3) is 0 Å². The van der Waals surface area contributed by atoms with Gasteiger partial charge in [-0.25, -0.2) is 0 Å². The molecule has 0 aliphatic carbocycles. The highest BCUT2D eigenvalue weighted by Crippen LogP contribution is 2.36. The zero-order chi connectivity index (χ0) is 15.7. The van der Waals surface area contributed by atoms with Crippen LogP contribution in [0.3, 0.4) is 0 Å². The first-order valence-corrected chi connectivity index (χ1v) is 7.11. The fourth-order valence-corrected chi connectivity index (χ4v) is 2.99. The van der Waals surface area contributed by atoms with Crippen molar-refractivity contribution in [3.63, 3.8) is 0 Å². The van der Waals surface area contributed by atoms with Gasteiger partial charge in [0, 0.05) is 25.3 Å². The van der Waals surface area contributed by atoms with E-state index in [2.05, 4.69) is 30.7 Å². The van der Waals surface area contributed by atoms with Crippen LogP contribution in [0.15, 0.2) is 29.3 Å². The van der Waals surface area contributed by atoms with Gasteiger partial charge in [-0.15, -0.1) is 0 Å². The van der Waals surface area contributed by atoms with Gasteiger partial charge in [0.05, 0.1) is 24.8 Å². The summed E-state index contributed by atoms with van der Waals surface area (Å²) in [6, 6.07) is 7.88. The summed E-state index contributed by atoms with van der Waals surface area (Å²) in [5, 5.41) is 0. The molecule has 0 radical (unpaired) electrons. The molecule has 0 fully saturated rings. The number of hydrogen-bond donors (Lipinski definition) is 1. The van der Waals surface area contributed by atoms with Crippen LogP contribution in [0.1, 0.15) is 27.2 Å². The van der Waals surface area contributed by atoms with E-state index in [9.17, 15) is 0 Å². The SMILES string of the molecule is COc1cccc(N2C(N)=NCC2(C)CC(C)(C)OC)c1. The summed E-state index contributed by atoms with van der Waals surface area (Å²) in [5.74, 6) is 1.35. The summed E-state index contributed by atoms with van der Waals surface area (Å²) in [4.78, 5) is 6.52. The van der Waals surface area contributed by atoms with E-state index >= 15 is 0 Å². The molecule has 1 unspecified atom stereocenters. The third kappa shape index (κ3) is 3.13. The Kier molecular flexibility index (Phi) is 4.14. The van der Waals surface area contributed by atoms with Crippen molar-refractivity contribution >= 4 is 11.6 Å². The Hall–Kier alpha value is -1.75. The maximum Gasteiger partial charge on any atom is 0.196 e. The molecule has 1 atom stereocenters. The lowest BCUT2D eigenvalue weighted by Gasteiger charge is -2.41. The van der Waals surface area contributed by atoms with E-state index in [0.29, 0.717) is 12.5 Å². The fraction of sp³-hybridized carbons (Fsp3) is 0.562. The van der Waals surface area contributed by atoms with Gasteiger partial charge in [-0.3, -0.25) is 4.99 Å². The molecule has 1 aliphatic rings. The van der Waals surface area contributed by atoms with Crippen LogP contribution in [0, 0.1) is 0 Å². The molecule has 21 heavy (non-hydrogen) atoms. The second-order valence-electron chi connectivity index (χ2n) is 6.35. The molecule has 0 amide bonds. The molecule has 1 aliphatic heterocycles. The van der Waals surface area contributed by atoms with Crippen molar-refractivity contribution in [3.8, 4) is 5.75 Å². The molecule has 0 spiro atoms. The highest BCUT2D eigenvalue weighted by molar-refractivity contribution is 5.98. The number of aliphatic imine (C=N–C) groups is 1. The molecule has 116 valence electrons. The Morgan fingerprint density at radius 3 is 2.71 bits per heavy atom. The number of ether oxygens (including phenoxy) is 2. The van der Waals surface area contributed by atoms with E-state index in [1.807, 2.05) is 24.3 Å². The minimum Gasteiger partial charge on any atom is -0.497 e. The Morgan fingerprint density at radius 1 is 1.38 bits per heavy atom. The number of rotatable bonds is 5. The normalized spacial score (nSPS) is 22.3. The number of benzene rings is 1. The number of nitrogens with two attached hydrogens (primary N) is 1. The molecule has 1 aromatic rings. The molecular weight excluding hydrogens is 266 g/mol. The number of anilines is 1. The summed E-state index contributed by atoms with van der Waals surface area (Å²) in [6.45, 7) is 6.98. The first kappa shape index (κ1) is 15.6. The minimum absolute atomic E-state index is 0.212. The van der Waals surface area contributed by atoms with Crippen molar-refractivity contribution in [3.05, 3.63) is 24.3 Å². The zero-order valence-electron chi connectivity index (χ0n) is 13.5. The van der Waals surface area contributed by atoms with Crippen molar-refractivity contribution in [1.29, 1.82) is 0 Å². The van der Waals surface area contributed by atoms with E-state index in [-0.39, 0.29) is 11.1 Å². The van der Waals surface area contributed by atoms with Gasteiger partial charge in [-0.2, -0.15) is 0 Å². The van der Waals surface area contributed by atoms with Crippen LogP contribution >= 0.6 is 0 Å². The van der Waals surface area contributed by atoms with Crippen molar-refractivity contribution in [1.82, 2.24) is 0 Å². The summed E-state index contributed by atoms with van der Waals surface area (Å²) in [7, 11) is 3.40. The second-order valence-corrected chi connectivity index (χ2v) is 6.35. The van der Waals surface area contributed by atoms with Gasteiger partial charge in [0.2, 0.25) is 0 Å². The smallest absolute Gasteiger partial charge is 0.196 e. The molecule has 5 nitrogen and oxygen atoms in total. The van der Waals surface area contributed by atoms with Crippen LogP contribution in [0.5, 0.6) is 5.75 Å². The fourth-order valence-electron chi connectivity index (χ4n) is 2.99. The molecule has 5 heteroatoms. The van der Waals surface area contributed by atoms with Crippen LogP contribution < -0.4 is 15.4 Å². The van der Waals surface area contributed by atoms with E-state index < -0.39 is 0 Å². The Morgan fingerprint density at radius 2 is 2.10 bits per heavy atom. The van der Waals surface area contributed by atoms with Crippen LogP contribution in [0.25, 0.3) is 0 Å². The minimum atomic E-state index is -0.244. The molecule has 0 saturated carbocycles. The second kappa shape index (κ2) is 5.56. The van der Waals surface area contributed by atoms with Gasteiger partial charge in [0.1, 0.15) is 5.75 Å². The largest absolute Gasteiger partial charge is 0.497 e. The lowest BCUT2D eigenvalue weighted by atomic mass is 9.86. The average Bonchev–Trinajstić information content (AvgIpc) is 2.73. The molecular formula is C16H25N3O2. The maximum atomic E-state index is 6.13. The summed E-state index contributed by atoms with van der Waals surface area (Å²) in [6.07, 6.45) is 0.817. The van der Waals surface area contributed by atoms with Crippen LogP contribution in [-0.4, -0.2) is 37.9 Å². The number of guanidine groups is 1. The van der Waals surface area contributed by atoms with Crippen LogP contribution in [0.2, 0.25) is 0 Å². The summed E-state index contributed by atoms with van der Waals surface area (Å²) < 4.78 is 10.9.